The molecule has 0 aliphatic heterocycles. The normalized spacial score (nSPS) is 14.2. The van der Waals surface area contributed by atoms with Crippen molar-refractivity contribution in [1.29, 1.82) is 0 Å². The molecule has 0 spiro atoms. The molecule has 1 atom stereocenters. The van der Waals surface area contributed by atoms with Gasteiger partial charge in [0, 0.05) is 33.3 Å². The van der Waals surface area contributed by atoms with Gasteiger partial charge < -0.3 is 4.90 Å². The third-order valence-corrected chi connectivity index (χ3v) is 19.2. The fourth-order valence-electron chi connectivity index (χ4n) is 14.1. The number of unbranched alkanes of at least 4 members (excludes halogenated alkanes) is 12. The predicted octanol–water partition coefficient (Wildman–Crippen LogP) is 23.7. The number of anilines is 3. The van der Waals surface area contributed by atoms with Crippen molar-refractivity contribution < 1.29 is 0 Å². The highest BCUT2D eigenvalue weighted by molar-refractivity contribution is 5.89. The SMILES string of the molecule is CCCCCCC1(CCCCCC)c2cc(C)ccc2-c2ccc(N(c3ccc(C(C)CC)cc3)c3ccc4c(c3)C(CCCCCC)(CCCCCC)c3cc(-c5ccc(C(C)(C)c6ccc(C)cc6)cc5)ccc3-4)cc21. The van der Waals surface area contributed by atoms with Gasteiger partial charge >= 0.3 is 0 Å². The molecule has 9 rings (SSSR count). The summed E-state index contributed by atoms with van der Waals surface area (Å²) < 4.78 is 0. The van der Waals surface area contributed by atoms with Crippen LogP contribution in [0, 0.1) is 13.8 Å². The first-order valence-corrected chi connectivity index (χ1v) is 31.6. The average Bonchev–Trinajstić information content (AvgIpc) is 4.14. The minimum absolute atomic E-state index is 0.00129. The van der Waals surface area contributed by atoms with Gasteiger partial charge in [-0.1, -0.05) is 272 Å². The number of benzene rings is 7. The van der Waals surface area contributed by atoms with Crippen LogP contribution in [-0.2, 0) is 16.2 Å². The Hall–Kier alpha value is -5.66. The van der Waals surface area contributed by atoms with E-state index in [-0.39, 0.29) is 16.2 Å². The summed E-state index contributed by atoms with van der Waals surface area (Å²) in [6.45, 7) is 23.3. The molecular weight excluding hydrogens is 939 g/mol. The molecule has 0 saturated carbocycles. The van der Waals surface area contributed by atoms with Crippen molar-refractivity contribution in [2.45, 2.75) is 226 Å². The van der Waals surface area contributed by atoms with E-state index in [0.717, 1.165) is 6.42 Å². The predicted molar refractivity (Wildman–Crippen MR) is 341 cm³/mol. The Balaban J connectivity index is 1.20. The Kier molecular flexibility index (Phi) is 18.7. The molecule has 7 aromatic rings. The molecule has 0 radical (unpaired) electrons. The van der Waals surface area contributed by atoms with Gasteiger partial charge in [-0.2, -0.15) is 0 Å². The minimum Gasteiger partial charge on any atom is -0.310 e. The summed E-state index contributed by atoms with van der Waals surface area (Å²) in [7, 11) is 0. The second kappa shape index (κ2) is 25.6. The van der Waals surface area contributed by atoms with Crippen LogP contribution in [0.2, 0.25) is 0 Å². The van der Waals surface area contributed by atoms with Crippen LogP contribution in [0.4, 0.5) is 17.1 Å². The van der Waals surface area contributed by atoms with E-state index in [9.17, 15) is 0 Å². The van der Waals surface area contributed by atoms with E-state index in [0.29, 0.717) is 5.92 Å². The fourth-order valence-corrected chi connectivity index (χ4v) is 14.1. The largest absolute Gasteiger partial charge is 0.310 e. The maximum Gasteiger partial charge on any atom is 0.0465 e. The second-order valence-electron chi connectivity index (χ2n) is 25.0. The van der Waals surface area contributed by atoms with E-state index >= 15 is 0 Å². The Morgan fingerprint density at radius 2 is 0.744 bits per heavy atom. The Bertz CT molecular complexity index is 3030. The summed E-state index contributed by atoms with van der Waals surface area (Å²) in [4.78, 5) is 2.65. The van der Waals surface area contributed by atoms with E-state index in [1.54, 1.807) is 22.3 Å². The lowest BCUT2D eigenvalue weighted by molar-refractivity contribution is 0.401. The zero-order valence-electron chi connectivity index (χ0n) is 50.2. The summed E-state index contributed by atoms with van der Waals surface area (Å²) in [5.74, 6) is 0.517. The molecule has 0 aromatic heterocycles. The molecule has 2 aliphatic rings. The van der Waals surface area contributed by atoms with Crippen LogP contribution in [0.5, 0.6) is 0 Å². The van der Waals surface area contributed by atoms with Crippen molar-refractivity contribution in [3.63, 3.8) is 0 Å². The van der Waals surface area contributed by atoms with Gasteiger partial charge in [0.25, 0.3) is 0 Å². The van der Waals surface area contributed by atoms with Crippen LogP contribution in [0.3, 0.4) is 0 Å². The van der Waals surface area contributed by atoms with Crippen molar-refractivity contribution in [3.8, 4) is 33.4 Å². The van der Waals surface area contributed by atoms with Crippen LogP contribution in [0.1, 0.15) is 246 Å². The monoisotopic (exact) mass is 1040 g/mol. The van der Waals surface area contributed by atoms with Crippen LogP contribution < -0.4 is 4.90 Å². The van der Waals surface area contributed by atoms with Crippen molar-refractivity contribution in [1.82, 2.24) is 0 Å². The zero-order chi connectivity index (χ0) is 54.9. The highest BCUT2D eigenvalue weighted by Crippen LogP contribution is 2.59. The standard InChI is InChI=1S/C77H97N/c1-11-16-20-24-48-76(49-25-21-17-12-2)71-52-57(7)30-44-67(71)69-46-42-65(54-73(69)76)78(64-40-33-59(34-41-64)58(8)15-5)66-43-47-70-68-45-35-61(60-31-38-63(39-32-60)75(9,10)62-36-28-56(6)29-37-62)53-72(68)77(74(70)55-66,50-26-22-18-13-3)51-27-23-19-14-4/h28-47,52-55,58H,11-27,48-51H2,1-10H3. The Labute approximate surface area is 474 Å². The van der Waals surface area contributed by atoms with Gasteiger partial charge in [-0.05, 0) is 167 Å². The van der Waals surface area contributed by atoms with E-state index in [2.05, 4.69) is 220 Å². The third kappa shape index (κ3) is 11.7. The first-order valence-electron chi connectivity index (χ1n) is 31.6. The lowest BCUT2D eigenvalue weighted by Gasteiger charge is -2.35. The van der Waals surface area contributed by atoms with Gasteiger partial charge in [0.1, 0.15) is 0 Å². The quantitative estimate of drug-likeness (QED) is 0.0442. The highest BCUT2D eigenvalue weighted by atomic mass is 15.1. The number of fused-ring (bicyclic) bond motifs is 6. The van der Waals surface area contributed by atoms with E-state index in [1.807, 2.05) is 0 Å². The number of hydrogen-bond acceptors (Lipinski definition) is 1. The van der Waals surface area contributed by atoms with Gasteiger partial charge in [-0.25, -0.2) is 0 Å². The lowest BCUT2D eigenvalue weighted by Crippen LogP contribution is -2.26. The van der Waals surface area contributed by atoms with Crippen LogP contribution >= 0.6 is 0 Å². The Morgan fingerprint density at radius 1 is 0.372 bits per heavy atom. The van der Waals surface area contributed by atoms with Crippen molar-refractivity contribution >= 4 is 17.1 Å². The molecule has 1 heteroatoms. The van der Waals surface area contributed by atoms with Crippen LogP contribution in [0.15, 0.2) is 146 Å². The molecule has 0 heterocycles. The molecule has 0 bridgehead atoms. The molecule has 1 unspecified atom stereocenters. The third-order valence-electron chi connectivity index (χ3n) is 19.2. The maximum absolute atomic E-state index is 2.69. The number of rotatable bonds is 28. The van der Waals surface area contributed by atoms with Gasteiger partial charge in [-0.3, -0.25) is 0 Å². The molecule has 0 amide bonds. The lowest BCUT2D eigenvalue weighted by atomic mass is 9.70. The molecule has 2 aliphatic carbocycles. The van der Waals surface area contributed by atoms with Crippen molar-refractivity contribution in [3.05, 3.63) is 196 Å². The van der Waals surface area contributed by atoms with Crippen LogP contribution in [-0.4, -0.2) is 0 Å². The van der Waals surface area contributed by atoms with E-state index in [1.165, 1.54) is 207 Å². The fraction of sp³-hybridized carbons (Fsp3) is 0.455. The molecule has 0 fully saturated rings. The van der Waals surface area contributed by atoms with Gasteiger partial charge in [0.05, 0.1) is 0 Å². The van der Waals surface area contributed by atoms with Crippen molar-refractivity contribution in [2.75, 3.05) is 4.90 Å². The summed E-state index contributed by atoms with van der Waals surface area (Å²) in [5, 5.41) is 0. The first kappa shape index (κ1) is 57.0. The molecule has 0 saturated heterocycles. The maximum atomic E-state index is 2.69. The smallest absolute Gasteiger partial charge is 0.0465 e. The minimum atomic E-state index is -0.0883. The van der Waals surface area contributed by atoms with E-state index in [4.69, 9.17) is 0 Å². The summed E-state index contributed by atoms with van der Waals surface area (Å²) in [6.07, 6.45) is 26.3. The molecule has 1 nitrogen and oxygen atoms in total. The highest BCUT2D eigenvalue weighted by Gasteiger charge is 2.45. The topological polar surface area (TPSA) is 3.24 Å². The number of nitrogens with zero attached hydrogens (tertiary/aromatic N) is 1. The van der Waals surface area contributed by atoms with E-state index < -0.39 is 0 Å². The Morgan fingerprint density at radius 3 is 1.19 bits per heavy atom. The number of hydrogen-bond donors (Lipinski definition) is 0. The second-order valence-corrected chi connectivity index (χ2v) is 25.0. The summed E-state index contributed by atoms with van der Waals surface area (Å²) >= 11 is 0. The molecule has 7 aromatic carbocycles. The molecule has 410 valence electrons. The van der Waals surface area contributed by atoms with Crippen molar-refractivity contribution in [2.24, 2.45) is 0 Å². The first-order chi connectivity index (χ1) is 37.9. The summed E-state index contributed by atoms with van der Waals surface area (Å²) in [6, 6.07) is 58.7. The zero-order valence-corrected chi connectivity index (χ0v) is 50.2. The number of aryl methyl sites for hydroxylation is 2. The average molecular weight is 1040 g/mol. The molecular formula is C77H97N. The molecule has 0 N–H and O–H groups in total. The van der Waals surface area contributed by atoms with Crippen LogP contribution in [0.25, 0.3) is 33.4 Å². The van der Waals surface area contributed by atoms with Gasteiger partial charge in [0.15, 0.2) is 0 Å². The van der Waals surface area contributed by atoms with Gasteiger partial charge in [-0.15, -0.1) is 0 Å². The summed E-state index contributed by atoms with van der Waals surface area (Å²) in [5.41, 5.74) is 25.1. The van der Waals surface area contributed by atoms with Gasteiger partial charge in [0.2, 0.25) is 0 Å². The molecule has 78 heavy (non-hydrogen) atoms.